The minimum Gasteiger partial charge on any atom is -0.481 e. The first-order valence-corrected chi connectivity index (χ1v) is 7.45. The first-order valence-electron chi connectivity index (χ1n) is 7.45. The number of nitrogens with zero attached hydrogens (tertiary/aromatic N) is 2. The van der Waals surface area contributed by atoms with Crippen LogP contribution in [0.25, 0.3) is 10.8 Å². The predicted molar refractivity (Wildman–Crippen MR) is 88.3 cm³/mol. The number of fused-ring (bicyclic) bond motifs is 2. The quantitative estimate of drug-likeness (QED) is 0.760. The molecule has 0 spiro atoms. The van der Waals surface area contributed by atoms with Crippen LogP contribution in [0.4, 0.5) is 5.82 Å². The van der Waals surface area contributed by atoms with Crippen molar-refractivity contribution in [2.75, 3.05) is 0 Å². The molecule has 2 N–H and O–H groups in total. The number of H-pyrrole nitrogens is 1. The van der Waals surface area contributed by atoms with Crippen LogP contribution in [0, 0.1) is 5.92 Å². The molecule has 0 saturated carbocycles. The van der Waals surface area contributed by atoms with E-state index >= 15 is 0 Å². The molecule has 0 radical (unpaired) electrons. The van der Waals surface area contributed by atoms with Gasteiger partial charge in [0.05, 0.1) is 6.20 Å². The Morgan fingerprint density at radius 3 is 2.74 bits per heavy atom. The van der Waals surface area contributed by atoms with Gasteiger partial charge in [-0.05, 0) is 23.3 Å². The molecule has 0 bridgehead atoms. The summed E-state index contributed by atoms with van der Waals surface area (Å²) < 4.78 is 0. The number of hydrogen-bond donors (Lipinski definition) is 2. The van der Waals surface area contributed by atoms with Gasteiger partial charge < -0.3 is 5.11 Å². The Kier molecular flexibility index (Phi) is 3.01. The Morgan fingerprint density at radius 1 is 1.13 bits per heavy atom. The topological polar surface area (TPSA) is 78.3 Å². The van der Waals surface area contributed by atoms with Gasteiger partial charge in [-0.15, -0.1) is 0 Å². The van der Waals surface area contributed by atoms with Gasteiger partial charge in [-0.3, -0.25) is 9.89 Å². The highest BCUT2D eigenvalue weighted by atomic mass is 16.4. The highest BCUT2D eigenvalue weighted by molar-refractivity contribution is 6.05. The van der Waals surface area contributed by atoms with Crippen LogP contribution in [0.5, 0.6) is 0 Å². The number of carboxylic acid groups (broad SMARTS) is 1. The molecule has 3 aromatic rings. The molecule has 2 atom stereocenters. The average Bonchev–Trinajstić information content (AvgIpc) is 3.00. The van der Waals surface area contributed by atoms with Gasteiger partial charge in [0.25, 0.3) is 0 Å². The smallest absolute Gasteiger partial charge is 0.313 e. The number of carbonyl (C=O) groups is 1. The SMILES string of the molecule is CC1=Nc2[nH]ncc2C(c2cccc3ccccc23)C1C(=O)O. The molecular weight excluding hydrogens is 290 g/mol. The number of aliphatic carboxylic acids is 1. The Morgan fingerprint density at radius 2 is 1.91 bits per heavy atom. The summed E-state index contributed by atoms with van der Waals surface area (Å²) in [6, 6.07) is 14.0. The maximum atomic E-state index is 11.9. The van der Waals surface area contributed by atoms with Crippen LogP contribution in [0.15, 0.2) is 53.7 Å². The Labute approximate surface area is 132 Å². The molecule has 0 amide bonds. The average molecular weight is 305 g/mol. The van der Waals surface area contributed by atoms with Crippen LogP contribution in [-0.4, -0.2) is 27.0 Å². The number of aromatic nitrogens is 2. The zero-order chi connectivity index (χ0) is 16.0. The Balaban J connectivity index is 2.01. The van der Waals surface area contributed by atoms with Crippen LogP contribution >= 0.6 is 0 Å². The molecule has 1 aliphatic rings. The minimum atomic E-state index is -0.865. The molecule has 0 saturated heterocycles. The molecule has 2 aromatic carbocycles. The molecule has 5 heteroatoms. The lowest BCUT2D eigenvalue weighted by Crippen LogP contribution is -2.31. The highest BCUT2D eigenvalue weighted by Crippen LogP contribution is 2.43. The molecule has 23 heavy (non-hydrogen) atoms. The van der Waals surface area contributed by atoms with E-state index in [9.17, 15) is 9.90 Å². The second kappa shape index (κ2) is 5.05. The van der Waals surface area contributed by atoms with Gasteiger partial charge >= 0.3 is 5.97 Å². The summed E-state index contributed by atoms with van der Waals surface area (Å²) in [6.07, 6.45) is 1.69. The van der Waals surface area contributed by atoms with Gasteiger partial charge in [0.1, 0.15) is 5.92 Å². The molecule has 4 rings (SSSR count). The van der Waals surface area contributed by atoms with Crippen molar-refractivity contribution in [1.82, 2.24) is 10.2 Å². The van der Waals surface area contributed by atoms with Crippen molar-refractivity contribution < 1.29 is 9.90 Å². The molecule has 2 heterocycles. The molecule has 2 unspecified atom stereocenters. The number of nitrogens with one attached hydrogen (secondary N) is 1. The van der Waals surface area contributed by atoms with Crippen molar-refractivity contribution in [2.45, 2.75) is 12.8 Å². The maximum Gasteiger partial charge on any atom is 0.313 e. The number of benzene rings is 2. The lowest BCUT2D eigenvalue weighted by molar-refractivity contribution is -0.139. The number of aromatic amines is 1. The van der Waals surface area contributed by atoms with Crippen LogP contribution in [0.2, 0.25) is 0 Å². The molecule has 1 aliphatic heterocycles. The second-order valence-corrected chi connectivity index (χ2v) is 5.79. The number of aliphatic imine (C=N–C) groups is 1. The zero-order valence-corrected chi connectivity index (χ0v) is 12.5. The van der Waals surface area contributed by atoms with Gasteiger partial charge in [0.2, 0.25) is 0 Å². The summed E-state index contributed by atoms with van der Waals surface area (Å²) in [5.74, 6) is -1.20. The molecule has 5 nitrogen and oxygen atoms in total. The number of rotatable bonds is 2. The summed E-state index contributed by atoms with van der Waals surface area (Å²) in [7, 11) is 0. The van der Waals surface area contributed by atoms with Gasteiger partial charge in [-0.1, -0.05) is 42.5 Å². The standard InChI is InChI=1S/C18H15N3O2/c1-10-15(18(22)23)16(14-9-19-21-17(14)20-10)13-8-4-6-11-5-2-3-7-12(11)13/h2-9,15-16H,1H3,(H,19,21)(H,22,23). The van der Waals surface area contributed by atoms with E-state index in [1.807, 2.05) is 42.5 Å². The normalized spacial score (nSPS) is 20.1. The van der Waals surface area contributed by atoms with E-state index in [-0.39, 0.29) is 5.92 Å². The van der Waals surface area contributed by atoms with E-state index in [0.29, 0.717) is 11.5 Å². The van der Waals surface area contributed by atoms with Crippen molar-refractivity contribution in [3.05, 3.63) is 59.8 Å². The summed E-state index contributed by atoms with van der Waals surface area (Å²) >= 11 is 0. The van der Waals surface area contributed by atoms with Crippen molar-refractivity contribution in [3.8, 4) is 0 Å². The molecule has 0 fully saturated rings. The first kappa shape index (κ1) is 13.7. The minimum absolute atomic E-state index is 0.301. The summed E-state index contributed by atoms with van der Waals surface area (Å²) in [4.78, 5) is 16.3. The molecule has 114 valence electrons. The van der Waals surface area contributed by atoms with Gasteiger partial charge in [0.15, 0.2) is 5.82 Å². The van der Waals surface area contributed by atoms with E-state index in [2.05, 4.69) is 15.2 Å². The summed E-state index contributed by atoms with van der Waals surface area (Å²) in [6.45, 7) is 1.76. The molecular formula is C18H15N3O2. The number of hydrogen-bond acceptors (Lipinski definition) is 3. The fraction of sp³-hybridized carbons (Fsp3) is 0.167. The van der Waals surface area contributed by atoms with Crippen molar-refractivity contribution in [3.63, 3.8) is 0 Å². The van der Waals surface area contributed by atoms with E-state index in [1.165, 1.54) is 0 Å². The monoisotopic (exact) mass is 305 g/mol. The van der Waals surface area contributed by atoms with E-state index < -0.39 is 11.9 Å². The Hall–Kier alpha value is -2.95. The highest BCUT2D eigenvalue weighted by Gasteiger charge is 2.39. The largest absolute Gasteiger partial charge is 0.481 e. The van der Waals surface area contributed by atoms with Crippen LogP contribution < -0.4 is 0 Å². The molecule has 0 aliphatic carbocycles. The Bertz CT molecular complexity index is 937. The van der Waals surface area contributed by atoms with Crippen LogP contribution in [0.1, 0.15) is 24.0 Å². The fourth-order valence-corrected chi connectivity index (χ4v) is 3.46. The van der Waals surface area contributed by atoms with Crippen molar-refractivity contribution in [1.29, 1.82) is 0 Å². The van der Waals surface area contributed by atoms with E-state index in [1.54, 1.807) is 13.1 Å². The fourth-order valence-electron chi connectivity index (χ4n) is 3.46. The third kappa shape index (κ3) is 2.04. The number of carboxylic acids is 1. The second-order valence-electron chi connectivity index (χ2n) is 5.79. The first-order chi connectivity index (χ1) is 11.2. The van der Waals surface area contributed by atoms with E-state index in [4.69, 9.17) is 0 Å². The predicted octanol–water partition coefficient (Wildman–Crippen LogP) is 3.50. The summed E-state index contributed by atoms with van der Waals surface area (Å²) in [5.41, 5.74) is 2.42. The third-order valence-electron chi connectivity index (χ3n) is 4.48. The maximum absolute atomic E-state index is 11.9. The van der Waals surface area contributed by atoms with Gasteiger partial charge in [-0.25, -0.2) is 4.99 Å². The third-order valence-corrected chi connectivity index (χ3v) is 4.48. The van der Waals surface area contributed by atoms with Crippen molar-refractivity contribution in [2.24, 2.45) is 10.9 Å². The van der Waals surface area contributed by atoms with Crippen LogP contribution in [0.3, 0.4) is 0 Å². The summed E-state index contributed by atoms with van der Waals surface area (Å²) in [5, 5.41) is 18.9. The molecule has 1 aromatic heterocycles. The van der Waals surface area contributed by atoms with Gasteiger partial charge in [0, 0.05) is 17.2 Å². The van der Waals surface area contributed by atoms with Crippen LogP contribution in [-0.2, 0) is 4.79 Å². The lowest BCUT2D eigenvalue weighted by Gasteiger charge is -2.28. The van der Waals surface area contributed by atoms with Crippen molar-refractivity contribution >= 4 is 28.3 Å². The lowest BCUT2D eigenvalue weighted by atomic mass is 9.76. The van der Waals surface area contributed by atoms with E-state index in [0.717, 1.165) is 21.9 Å². The zero-order valence-electron chi connectivity index (χ0n) is 12.5. The van der Waals surface area contributed by atoms with Gasteiger partial charge in [-0.2, -0.15) is 5.10 Å².